The molecule has 3 N–H and O–H groups in total. The van der Waals surface area contributed by atoms with Gasteiger partial charge in [-0.05, 0) is 11.6 Å². The van der Waals surface area contributed by atoms with Gasteiger partial charge in [0.15, 0.2) is 0 Å². The van der Waals surface area contributed by atoms with Gasteiger partial charge in [-0.2, -0.15) is 0 Å². The van der Waals surface area contributed by atoms with Crippen molar-refractivity contribution < 1.29 is 19.4 Å². The molecule has 5 nitrogen and oxygen atoms in total. The van der Waals surface area contributed by atoms with Gasteiger partial charge in [-0.3, -0.25) is 4.79 Å². The largest absolute Gasteiger partial charge is 0.480 e. The van der Waals surface area contributed by atoms with E-state index in [9.17, 15) is 9.59 Å². The molecule has 0 aliphatic carbocycles. The molecule has 0 unspecified atom stereocenters. The highest BCUT2D eigenvalue weighted by atomic mass is 16.5. The first-order valence-corrected chi connectivity index (χ1v) is 4.23. The first-order chi connectivity index (χ1) is 7.07. The number of hydrogen-bond donors (Lipinski definition) is 2. The Morgan fingerprint density at radius 3 is 2.53 bits per heavy atom. The number of nitrogens with two attached hydrogens (primary N) is 1. The first kappa shape index (κ1) is 11.2. The number of aliphatic carboxylic acids is 1. The standard InChI is InChI=1S/C10H11NO4/c1-15-10(14)7-5-3-2-4-6(7)8(11)9(12)13/h2-5,8H,11H2,1H3,(H,12,13)/t8-/m1/s1. The SMILES string of the molecule is COC(=O)c1ccccc1[C@@H](N)C(=O)O. The van der Waals surface area contributed by atoms with E-state index in [-0.39, 0.29) is 11.1 Å². The fourth-order valence-corrected chi connectivity index (χ4v) is 1.20. The van der Waals surface area contributed by atoms with Crippen molar-refractivity contribution in [3.05, 3.63) is 35.4 Å². The molecule has 0 radical (unpaired) electrons. The van der Waals surface area contributed by atoms with Gasteiger partial charge in [0.2, 0.25) is 0 Å². The number of carbonyl (C=O) groups is 2. The molecule has 0 heterocycles. The van der Waals surface area contributed by atoms with Gasteiger partial charge >= 0.3 is 11.9 Å². The molecule has 0 aliphatic rings. The maximum atomic E-state index is 11.3. The molecule has 0 saturated heterocycles. The van der Waals surface area contributed by atoms with Crippen LogP contribution in [0.1, 0.15) is 22.0 Å². The highest BCUT2D eigenvalue weighted by Gasteiger charge is 2.21. The zero-order chi connectivity index (χ0) is 11.4. The Hall–Kier alpha value is -1.88. The Kier molecular flexibility index (Phi) is 3.41. The lowest BCUT2D eigenvalue weighted by atomic mass is 10.0. The van der Waals surface area contributed by atoms with Crippen molar-refractivity contribution in [2.75, 3.05) is 7.11 Å². The molecule has 1 aromatic carbocycles. The molecule has 0 spiro atoms. The number of methoxy groups -OCH3 is 1. The summed E-state index contributed by atoms with van der Waals surface area (Å²) < 4.78 is 4.52. The number of rotatable bonds is 3. The third-order valence-electron chi connectivity index (χ3n) is 1.97. The zero-order valence-electron chi connectivity index (χ0n) is 8.14. The van der Waals surface area contributed by atoms with E-state index < -0.39 is 18.0 Å². The second-order valence-corrected chi connectivity index (χ2v) is 2.89. The highest BCUT2D eigenvalue weighted by Crippen LogP contribution is 2.17. The van der Waals surface area contributed by atoms with Gasteiger partial charge in [-0.25, -0.2) is 4.79 Å². The molecule has 0 bridgehead atoms. The average molecular weight is 209 g/mol. The summed E-state index contributed by atoms with van der Waals surface area (Å²) in [5.41, 5.74) is 5.85. The van der Waals surface area contributed by atoms with Crippen molar-refractivity contribution in [1.29, 1.82) is 0 Å². The van der Waals surface area contributed by atoms with E-state index in [0.717, 1.165) is 0 Å². The summed E-state index contributed by atoms with van der Waals surface area (Å²) in [5, 5.41) is 8.74. The minimum Gasteiger partial charge on any atom is -0.480 e. The zero-order valence-corrected chi connectivity index (χ0v) is 8.14. The second-order valence-electron chi connectivity index (χ2n) is 2.89. The van der Waals surface area contributed by atoms with Crippen LogP contribution in [0.2, 0.25) is 0 Å². The fourth-order valence-electron chi connectivity index (χ4n) is 1.20. The van der Waals surface area contributed by atoms with Crippen LogP contribution in [0.15, 0.2) is 24.3 Å². The molecule has 0 aromatic heterocycles. The average Bonchev–Trinajstić information content (AvgIpc) is 2.27. The fraction of sp³-hybridized carbons (Fsp3) is 0.200. The van der Waals surface area contributed by atoms with Crippen LogP contribution in [0.25, 0.3) is 0 Å². The Morgan fingerprint density at radius 1 is 1.40 bits per heavy atom. The third kappa shape index (κ3) is 2.32. The van der Waals surface area contributed by atoms with Gasteiger partial charge in [-0.1, -0.05) is 18.2 Å². The number of ether oxygens (including phenoxy) is 1. The van der Waals surface area contributed by atoms with Crippen LogP contribution in [0.5, 0.6) is 0 Å². The van der Waals surface area contributed by atoms with Crippen LogP contribution in [0.3, 0.4) is 0 Å². The number of carboxylic acid groups (broad SMARTS) is 1. The Morgan fingerprint density at radius 2 is 2.00 bits per heavy atom. The van der Waals surface area contributed by atoms with Crippen molar-refractivity contribution in [3.8, 4) is 0 Å². The number of benzene rings is 1. The van der Waals surface area contributed by atoms with E-state index in [4.69, 9.17) is 10.8 Å². The summed E-state index contributed by atoms with van der Waals surface area (Å²) in [7, 11) is 1.23. The molecule has 80 valence electrons. The number of carboxylic acids is 1. The van der Waals surface area contributed by atoms with Crippen LogP contribution in [-0.4, -0.2) is 24.2 Å². The van der Waals surface area contributed by atoms with Crippen molar-refractivity contribution in [2.45, 2.75) is 6.04 Å². The summed E-state index contributed by atoms with van der Waals surface area (Å²) in [4.78, 5) is 22.0. The van der Waals surface area contributed by atoms with E-state index >= 15 is 0 Å². The smallest absolute Gasteiger partial charge is 0.338 e. The molecule has 1 atom stereocenters. The van der Waals surface area contributed by atoms with Crippen molar-refractivity contribution >= 4 is 11.9 Å². The van der Waals surface area contributed by atoms with Crippen LogP contribution in [0, 0.1) is 0 Å². The lowest BCUT2D eigenvalue weighted by Crippen LogP contribution is -2.23. The Balaban J connectivity index is 3.17. The normalized spacial score (nSPS) is 11.9. The minimum atomic E-state index is -1.22. The van der Waals surface area contributed by atoms with E-state index in [2.05, 4.69) is 4.74 Å². The third-order valence-corrected chi connectivity index (χ3v) is 1.97. The first-order valence-electron chi connectivity index (χ1n) is 4.23. The van der Waals surface area contributed by atoms with Crippen LogP contribution in [0.4, 0.5) is 0 Å². The van der Waals surface area contributed by atoms with E-state index in [1.807, 2.05) is 0 Å². The lowest BCUT2D eigenvalue weighted by molar-refractivity contribution is -0.138. The lowest BCUT2D eigenvalue weighted by Gasteiger charge is -2.10. The molecular weight excluding hydrogens is 198 g/mol. The quantitative estimate of drug-likeness (QED) is 0.710. The molecule has 0 saturated carbocycles. The Bertz CT molecular complexity index is 389. The number of esters is 1. The van der Waals surface area contributed by atoms with E-state index in [1.165, 1.54) is 19.2 Å². The van der Waals surface area contributed by atoms with E-state index in [0.29, 0.717) is 0 Å². The molecule has 0 amide bonds. The van der Waals surface area contributed by atoms with E-state index in [1.54, 1.807) is 12.1 Å². The molecule has 5 heteroatoms. The maximum Gasteiger partial charge on any atom is 0.338 e. The summed E-state index contributed by atoms with van der Waals surface area (Å²) in [6.45, 7) is 0. The number of carbonyl (C=O) groups excluding carboxylic acids is 1. The molecule has 1 rings (SSSR count). The summed E-state index contributed by atoms with van der Waals surface area (Å²) in [6.07, 6.45) is 0. The van der Waals surface area contributed by atoms with Gasteiger partial charge in [0, 0.05) is 0 Å². The molecule has 1 aromatic rings. The molecule has 0 aliphatic heterocycles. The molecule has 15 heavy (non-hydrogen) atoms. The van der Waals surface area contributed by atoms with Crippen molar-refractivity contribution in [3.63, 3.8) is 0 Å². The van der Waals surface area contributed by atoms with Crippen LogP contribution in [-0.2, 0) is 9.53 Å². The molecule has 0 fully saturated rings. The maximum absolute atomic E-state index is 11.3. The predicted molar refractivity (Wildman–Crippen MR) is 52.3 cm³/mol. The van der Waals surface area contributed by atoms with Crippen LogP contribution < -0.4 is 5.73 Å². The summed E-state index contributed by atoms with van der Waals surface area (Å²) in [5.74, 6) is -1.78. The summed E-state index contributed by atoms with van der Waals surface area (Å²) >= 11 is 0. The predicted octanol–water partition coefficient (Wildman–Crippen LogP) is 0.558. The summed E-state index contributed by atoms with van der Waals surface area (Å²) in [6, 6.07) is 4.98. The topological polar surface area (TPSA) is 89.6 Å². The minimum absolute atomic E-state index is 0.176. The van der Waals surface area contributed by atoms with Gasteiger partial charge in [-0.15, -0.1) is 0 Å². The monoisotopic (exact) mass is 209 g/mol. The van der Waals surface area contributed by atoms with Gasteiger partial charge in [0.25, 0.3) is 0 Å². The number of hydrogen-bond acceptors (Lipinski definition) is 4. The van der Waals surface area contributed by atoms with Gasteiger partial charge in [0.05, 0.1) is 12.7 Å². The van der Waals surface area contributed by atoms with Gasteiger partial charge < -0.3 is 15.6 Å². The Labute approximate surface area is 86.5 Å². The van der Waals surface area contributed by atoms with Crippen molar-refractivity contribution in [2.24, 2.45) is 5.73 Å². The van der Waals surface area contributed by atoms with Crippen LogP contribution >= 0.6 is 0 Å². The molecular formula is C10H11NO4. The van der Waals surface area contributed by atoms with Crippen molar-refractivity contribution in [1.82, 2.24) is 0 Å². The highest BCUT2D eigenvalue weighted by molar-refractivity contribution is 5.93. The van der Waals surface area contributed by atoms with Gasteiger partial charge in [0.1, 0.15) is 6.04 Å². The second kappa shape index (κ2) is 4.56.